The Morgan fingerprint density at radius 2 is 2.32 bits per heavy atom. The van der Waals surface area contributed by atoms with Gasteiger partial charge in [0.2, 0.25) is 0 Å². The molecule has 2 atom stereocenters. The Balaban J connectivity index is 1.67. The number of nitrogens with zero attached hydrogens (tertiary/aromatic N) is 1. The van der Waals surface area contributed by atoms with E-state index in [1.165, 1.54) is 12.1 Å². The van der Waals surface area contributed by atoms with Crippen LogP contribution in [0.2, 0.25) is 5.02 Å². The molecule has 0 bridgehead atoms. The number of halogens is 1. The van der Waals surface area contributed by atoms with Crippen LogP contribution in [0.15, 0.2) is 35.5 Å². The van der Waals surface area contributed by atoms with Crippen LogP contribution in [0.4, 0.5) is 0 Å². The summed E-state index contributed by atoms with van der Waals surface area (Å²) in [5.74, 6) is 0.494. The molecular formula is C14H13ClN2O2. The van der Waals surface area contributed by atoms with Crippen molar-refractivity contribution < 1.29 is 9.90 Å². The third-order valence-electron chi connectivity index (χ3n) is 3.67. The van der Waals surface area contributed by atoms with E-state index in [0.29, 0.717) is 16.9 Å². The van der Waals surface area contributed by atoms with Crippen LogP contribution >= 0.6 is 11.6 Å². The molecule has 5 heteroatoms. The standard InChI is InChI=1S/C14H13ClN2O2/c15-9-4-5-11(13(18)7-9)14(19)17-16-12-6-8-2-1-3-10(8)12/h1-2,4-5,7-8,10,18H,3,6H2,(H,17,19)/b16-12+. The molecule has 0 aliphatic heterocycles. The summed E-state index contributed by atoms with van der Waals surface area (Å²) in [7, 11) is 0. The maximum Gasteiger partial charge on any atom is 0.275 e. The predicted octanol–water partition coefficient (Wildman–Crippen LogP) is 2.73. The number of nitrogens with one attached hydrogen (secondary N) is 1. The van der Waals surface area contributed by atoms with E-state index in [-0.39, 0.29) is 11.3 Å². The molecule has 2 aliphatic rings. The molecule has 1 aromatic carbocycles. The largest absolute Gasteiger partial charge is 0.507 e. The molecule has 1 aromatic rings. The zero-order valence-electron chi connectivity index (χ0n) is 10.1. The van der Waals surface area contributed by atoms with E-state index < -0.39 is 5.91 Å². The molecule has 0 heterocycles. The quantitative estimate of drug-likeness (QED) is 0.644. The maximum absolute atomic E-state index is 11.9. The fraction of sp³-hybridized carbons (Fsp3) is 0.286. The van der Waals surface area contributed by atoms with Gasteiger partial charge in [-0.1, -0.05) is 23.8 Å². The molecule has 4 nitrogen and oxygen atoms in total. The highest BCUT2D eigenvalue weighted by molar-refractivity contribution is 6.30. The number of carbonyl (C=O) groups excluding carboxylic acids is 1. The normalized spacial score (nSPS) is 26.1. The van der Waals surface area contributed by atoms with Crippen LogP contribution in [0.3, 0.4) is 0 Å². The molecule has 0 spiro atoms. The molecule has 1 amide bonds. The van der Waals surface area contributed by atoms with Gasteiger partial charge < -0.3 is 5.11 Å². The maximum atomic E-state index is 11.9. The van der Waals surface area contributed by atoms with E-state index in [4.69, 9.17) is 11.6 Å². The lowest BCUT2D eigenvalue weighted by Crippen LogP contribution is -2.35. The van der Waals surface area contributed by atoms with E-state index in [1.54, 1.807) is 6.07 Å². The summed E-state index contributed by atoms with van der Waals surface area (Å²) < 4.78 is 0. The molecule has 1 saturated carbocycles. The van der Waals surface area contributed by atoms with Crippen molar-refractivity contribution in [3.8, 4) is 5.75 Å². The monoisotopic (exact) mass is 276 g/mol. The van der Waals surface area contributed by atoms with Crippen molar-refractivity contribution in [3.05, 3.63) is 40.9 Å². The van der Waals surface area contributed by atoms with Crippen molar-refractivity contribution in [2.45, 2.75) is 12.8 Å². The first-order valence-electron chi connectivity index (χ1n) is 6.17. The first kappa shape index (κ1) is 12.2. The van der Waals surface area contributed by atoms with Crippen molar-refractivity contribution in [2.24, 2.45) is 16.9 Å². The number of allylic oxidation sites excluding steroid dienone is 2. The number of benzene rings is 1. The second-order valence-corrected chi connectivity index (χ2v) is 5.28. The summed E-state index contributed by atoms with van der Waals surface area (Å²) in [5, 5.41) is 14.2. The Labute approximate surface area is 115 Å². The van der Waals surface area contributed by atoms with Crippen molar-refractivity contribution in [1.29, 1.82) is 0 Å². The van der Waals surface area contributed by atoms with Gasteiger partial charge >= 0.3 is 0 Å². The Hall–Kier alpha value is -1.81. The van der Waals surface area contributed by atoms with E-state index in [2.05, 4.69) is 22.7 Å². The summed E-state index contributed by atoms with van der Waals surface area (Å²) in [4.78, 5) is 11.9. The second kappa shape index (κ2) is 4.70. The van der Waals surface area contributed by atoms with E-state index in [1.807, 2.05) is 0 Å². The van der Waals surface area contributed by atoms with Crippen molar-refractivity contribution in [2.75, 3.05) is 0 Å². The fourth-order valence-electron chi connectivity index (χ4n) is 2.54. The van der Waals surface area contributed by atoms with Crippen LogP contribution < -0.4 is 5.43 Å². The van der Waals surface area contributed by atoms with Gasteiger partial charge in [-0.05, 0) is 37.0 Å². The molecule has 2 aliphatic carbocycles. The van der Waals surface area contributed by atoms with Crippen LogP contribution in [0.5, 0.6) is 5.75 Å². The molecular weight excluding hydrogens is 264 g/mol. The molecule has 0 aromatic heterocycles. The topological polar surface area (TPSA) is 61.7 Å². The number of aromatic hydroxyl groups is 1. The highest BCUT2D eigenvalue weighted by Gasteiger charge is 2.38. The third kappa shape index (κ3) is 2.24. The number of fused-ring (bicyclic) bond motifs is 1. The fourth-order valence-corrected chi connectivity index (χ4v) is 2.71. The lowest BCUT2D eigenvalue weighted by atomic mass is 9.74. The van der Waals surface area contributed by atoms with Crippen LogP contribution in [0, 0.1) is 11.8 Å². The Morgan fingerprint density at radius 3 is 3.05 bits per heavy atom. The molecule has 19 heavy (non-hydrogen) atoms. The number of hydrazone groups is 1. The minimum absolute atomic E-state index is 0.140. The molecule has 2 unspecified atom stereocenters. The first-order valence-corrected chi connectivity index (χ1v) is 6.55. The summed E-state index contributed by atoms with van der Waals surface area (Å²) >= 11 is 5.72. The number of phenols is 1. The van der Waals surface area contributed by atoms with Gasteiger partial charge in [-0.25, -0.2) is 5.43 Å². The number of hydrogen-bond acceptors (Lipinski definition) is 3. The highest BCUT2D eigenvalue weighted by atomic mass is 35.5. The van der Waals surface area contributed by atoms with Crippen LogP contribution in [0.25, 0.3) is 0 Å². The Bertz CT molecular complexity index is 595. The van der Waals surface area contributed by atoms with E-state index in [0.717, 1.165) is 18.6 Å². The van der Waals surface area contributed by atoms with Crippen molar-refractivity contribution >= 4 is 23.2 Å². The second-order valence-electron chi connectivity index (χ2n) is 4.84. The minimum Gasteiger partial charge on any atom is -0.507 e. The lowest BCUT2D eigenvalue weighted by Gasteiger charge is -2.31. The average Bonchev–Trinajstić information content (AvgIpc) is 2.71. The number of phenolic OH excluding ortho intramolecular Hbond substituents is 1. The third-order valence-corrected chi connectivity index (χ3v) is 3.90. The number of carbonyl (C=O) groups is 1. The zero-order chi connectivity index (χ0) is 13.4. The van der Waals surface area contributed by atoms with Crippen LogP contribution in [0.1, 0.15) is 23.2 Å². The lowest BCUT2D eigenvalue weighted by molar-refractivity contribution is 0.0951. The summed E-state index contributed by atoms with van der Waals surface area (Å²) in [6.07, 6.45) is 6.28. The SMILES string of the molecule is O=C(N/N=C1\CC2C=CCC12)c1ccc(Cl)cc1O. The van der Waals surface area contributed by atoms with Crippen LogP contribution in [-0.4, -0.2) is 16.7 Å². The highest BCUT2D eigenvalue weighted by Crippen LogP contribution is 2.40. The van der Waals surface area contributed by atoms with Gasteiger partial charge in [0.25, 0.3) is 5.91 Å². The van der Waals surface area contributed by atoms with E-state index in [9.17, 15) is 9.90 Å². The Morgan fingerprint density at radius 1 is 1.47 bits per heavy atom. The van der Waals surface area contributed by atoms with Gasteiger partial charge in [-0.2, -0.15) is 5.10 Å². The number of hydrogen-bond donors (Lipinski definition) is 2. The van der Waals surface area contributed by atoms with Crippen molar-refractivity contribution in [1.82, 2.24) is 5.43 Å². The van der Waals surface area contributed by atoms with Crippen LogP contribution in [-0.2, 0) is 0 Å². The van der Waals surface area contributed by atoms with Gasteiger partial charge in [0.15, 0.2) is 0 Å². The zero-order valence-corrected chi connectivity index (χ0v) is 10.9. The minimum atomic E-state index is -0.420. The van der Waals surface area contributed by atoms with Gasteiger partial charge in [0, 0.05) is 16.7 Å². The number of rotatable bonds is 2. The smallest absolute Gasteiger partial charge is 0.275 e. The summed E-state index contributed by atoms with van der Waals surface area (Å²) in [6, 6.07) is 4.38. The molecule has 2 N–H and O–H groups in total. The Kier molecular flexibility index (Phi) is 3.03. The van der Waals surface area contributed by atoms with Gasteiger partial charge in [0.1, 0.15) is 5.75 Å². The van der Waals surface area contributed by atoms with Gasteiger partial charge in [-0.3, -0.25) is 4.79 Å². The molecule has 0 radical (unpaired) electrons. The molecule has 0 saturated heterocycles. The predicted molar refractivity (Wildman–Crippen MR) is 73.4 cm³/mol. The summed E-state index contributed by atoms with van der Waals surface area (Å²) in [5.41, 5.74) is 3.69. The average molecular weight is 277 g/mol. The summed E-state index contributed by atoms with van der Waals surface area (Å²) in [6.45, 7) is 0. The van der Waals surface area contributed by atoms with Gasteiger partial charge in [-0.15, -0.1) is 0 Å². The van der Waals surface area contributed by atoms with Gasteiger partial charge in [0.05, 0.1) is 5.56 Å². The van der Waals surface area contributed by atoms with Crippen molar-refractivity contribution in [3.63, 3.8) is 0 Å². The molecule has 1 fully saturated rings. The molecule has 3 rings (SSSR count). The van der Waals surface area contributed by atoms with E-state index >= 15 is 0 Å². The molecule has 98 valence electrons. The number of amides is 1. The first-order chi connectivity index (χ1) is 9.15.